The fraction of sp³-hybridized carbons (Fsp3) is 0.381. The first-order chi connectivity index (χ1) is 12.5. The Morgan fingerprint density at radius 2 is 1.85 bits per heavy atom. The summed E-state index contributed by atoms with van der Waals surface area (Å²) in [4.78, 5) is 12.8. The molecular weight excluding hydrogens is 330 g/mol. The smallest absolute Gasteiger partial charge is 0.162 e. The Kier molecular flexibility index (Phi) is 7.63. The molecule has 0 radical (unpaired) electrons. The van der Waals surface area contributed by atoms with Crippen molar-refractivity contribution in [3.8, 4) is 11.5 Å². The second-order valence-electron chi connectivity index (χ2n) is 6.42. The van der Waals surface area contributed by atoms with E-state index in [9.17, 15) is 9.90 Å². The number of ketones is 1. The van der Waals surface area contributed by atoms with Gasteiger partial charge >= 0.3 is 0 Å². The minimum absolute atomic E-state index is 0.109. The summed E-state index contributed by atoms with van der Waals surface area (Å²) in [5.41, 5.74) is 1.79. The Hall–Kier alpha value is -2.37. The number of quaternary nitrogens is 1. The summed E-state index contributed by atoms with van der Waals surface area (Å²) >= 11 is 0. The zero-order chi connectivity index (χ0) is 18.9. The SMILES string of the molecule is CCC(=O)c1ccc(OC[C@H](O)C[NH+](C)Cc2ccccc2OC)cc1. The van der Waals surface area contributed by atoms with Crippen LogP contribution in [0.4, 0.5) is 0 Å². The second-order valence-corrected chi connectivity index (χ2v) is 6.42. The maximum absolute atomic E-state index is 11.6. The van der Waals surface area contributed by atoms with Gasteiger partial charge in [0.05, 0.1) is 14.2 Å². The Morgan fingerprint density at radius 3 is 2.50 bits per heavy atom. The van der Waals surface area contributed by atoms with E-state index in [0.717, 1.165) is 22.8 Å². The lowest BCUT2D eigenvalue weighted by Crippen LogP contribution is -3.09. The van der Waals surface area contributed by atoms with Gasteiger partial charge in [0, 0.05) is 17.5 Å². The number of nitrogens with one attached hydrogen (secondary N) is 1. The molecule has 0 aliphatic carbocycles. The van der Waals surface area contributed by atoms with Crippen LogP contribution in [0.15, 0.2) is 48.5 Å². The van der Waals surface area contributed by atoms with Gasteiger partial charge in [-0.25, -0.2) is 0 Å². The lowest BCUT2D eigenvalue weighted by Gasteiger charge is -2.19. The van der Waals surface area contributed by atoms with Gasteiger partial charge in [-0.05, 0) is 36.4 Å². The van der Waals surface area contributed by atoms with E-state index in [4.69, 9.17) is 9.47 Å². The molecule has 0 saturated heterocycles. The van der Waals surface area contributed by atoms with Crippen molar-refractivity contribution in [2.24, 2.45) is 0 Å². The fourth-order valence-corrected chi connectivity index (χ4v) is 2.84. The minimum atomic E-state index is -0.582. The number of methoxy groups -OCH3 is 1. The van der Waals surface area contributed by atoms with E-state index in [-0.39, 0.29) is 12.4 Å². The molecule has 5 heteroatoms. The van der Waals surface area contributed by atoms with Gasteiger partial charge in [-0.15, -0.1) is 0 Å². The predicted molar refractivity (Wildman–Crippen MR) is 101 cm³/mol. The fourth-order valence-electron chi connectivity index (χ4n) is 2.84. The van der Waals surface area contributed by atoms with Crippen LogP contribution < -0.4 is 14.4 Å². The maximum atomic E-state index is 11.6. The number of carbonyl (C=O) groups excluding carboxylic acids is 1. The van der Waals surface area contributed by atoms with E-state index in [1.54, 1.807) is 31.4 Å². The van der Waals surface area contributed by atoms with Gasteiger partial charge < -0.3 is 19.5 Å². The van der Waals surface area contributed by atoms with Gasteiger partial charge in [0.2, 0.25) is 0 Å². The quantitative estimate of drug-likeness (QED) is 0.635. The van der Waals surface area contributed by atoms with Crippen LogP contribution >= 0.6 is 0 Å². The summed E-state index contributed by atoms with van der Waals surface area (Å²) in [6, 6.07) is 14.9. The third-order valence-electron chi connectivity index (χ3n) is 4.21. The average Bonchev–Trinajstić information content (AvgIpc) is 2.66. The molecule has 2 aromatic carbocycles. The van der Waals surface area contributed by atoms with Crippen LogP contribution in [0.25, 0.3) is 0 Å². The zero-order valence-corrected chi connectivity index (χ0v) is 15.7. The van der Waals surface area contributed by atoms with Crippen LogP contribution in [0.3, 0.4) is 0 Å². The number of hydrogen-bond acceptors (Lipinski definition) is 4. The Morgan fingerprint density at radius 1 is 1.15 bits per heavy atom. The molecule has 0 spiro atoms. The highest BCUT2D eigenvalue weighted by Gasteiger charge is 2.15. The van der Waals surface area contributed by atoms with Crippen molar-refractivity contribution in [2.45, 2.75) is 26.0 Å². The van der Waals surface area contributed by atoms with E-state index in [1.807, 2.05) is 38.2 Å². The molecule has 2 rings (SSSR count). The average molecular weight is 358 g/mol. The third kappa shape index (κ3) is 5.86. The first-order valence-electron chi connectivity index (χ1n) is 8.90. The molecule has 1 unspecified atom stereocenters. The van der Waals surface area contributed by atoms with Gasteiger partial charge in [0.15, 0.2) is 5.78 Å². The number of carbonyl (C=O) groups is 1. The van der Waals surface area contributed by atoms with Crippen LogP contribution in [0.1, 0.15) is 29.3 Å². The van der Waals surface area contributed by atoms with Crippen LogP contribution in [-0.4, -0.2) is 44.3 Å². The van der Waals surface area contributed by atoms with E-state index in [1.165, 1.54) is 0 Å². The van der Waals surface area contributed by atoms with E-state index < -0.39 is 6.10 Å². The second kappa shape index (κ2) is 9.94. The number of likely N-dealkylation sites (N-methyl/N-ethyl adjacent to an activating group) is 1. The van der Waals surface area contributed by atoms with E-state index >= 15 is 0 Å². The van der Waals surface area contributed by atoms with Crippen molar-refractivity contribution >= 4 is 5.78 Å². The number of Topliss-reactive ketones (excluding diaryl/α,β-unsaturated/α-hetero) is 1. The minimum Gasteiger partial charge on any atom is -0.496 e. The van der Waals surface area contributed by atoms with Crippen LogP contribution in [-0.2, 0) is 6.54 Å². The number of ether oxygens (including phenoxy) is 2. The lowest BCUT2D eigenvalue weighted by molar-refractivity contribution is -0.897. The van der Waals surface area contributed by atoms with Crippen LogP contribution in [0, 0.1) is 0 Å². The van der Waals surface area contributed by atoms with E-state index in [0.29, 0.717) is 24.3 Å². The number of benzene rings is 2. The molecule has 0 bridgehead atoms. The van der Waals surface area contributed by atoms with Crippen molar-refractivity contribution < 1.29 is 24.3 Å². The molecule has 26 heavy (non-hydrogen) atoms. The van der Waals surface area contributed by atoms with Crippen LogP contribution in [0.2, 0.25) is 0 Å². The van der Waals surface area contributed by atoms with Crippen molar-refractivity contribution in [3.05, 3.63) is 59.7 Å². The van der Waals surface area contributed by atoms with Gasteiger partial charge in [-0.1, -0.05) is 19.1 Å². The van der Waals surface area contributed by atoms with Crippen molar-refractivity contribution in [1.29, 1.82) is 0 Å². The normalized spacial score (nSPS) is 13.1. The molecule has 0 amide bonds. The summed E-state index contributed by atoms with van der Waals surface area (Å²) in [5, 5.41) is 10.2. The van der Waals surface area contributed by atoms with Gasteiger partial charge in [0.25, 0.3) is 0 Å². The highest BCUT2D eigenvalue weighted by atomic mass is 16.5. The Labute approximate surface area is 155 Å². The molecule has 0 aliphatic rings. The molecule has 2 atom stereocenters. The molecule has 0 saturated carbocycles. The number of para-hydroxylation sites is 1. The molecule has 2 N–H and O–H groups in total. The van der Waals surface area contributed by atoms with Crippen molar-refractivity contribution in [2.75, 3.05) is 27.3 Å². The summed E-state index contributed by atoms with van der Waals surface area (Å²) in [7, 11) is 3.69. The number of hydrogen-bond donors (Lipinski definition) is 2. The predicted octanol–water partition coefficient (Wildman–Crippen LogP) is 1.74. The lowest BCUT2D eigenvalue weighted by atomic mass is 10.1. The largest absolute Gasteiger partial charge is 0.496 e. The molecule has 0 fully saturated rings. The van der Waals surface area contributed by atoms with Gasteiger partial charge in [-0.2, -0.15) is 0 Å². The summed E-state index contributed by atoms with van der Waals surface area (Å²) < 4.78 is 11.0. The molecule has 5 nitrogen and oxygen atoms in total. The topological polar surface area (TPSA) is 60.2 Å². The first-order valence-corrected chi connectivity index (χ1v) is 8.90. The number of aliphatic hydroxyl groups excluding tert-OH is 1. The monoisotopic (exact) mass is 358 g/mol. The number of aliphatic hydroxyl groups is 1. The molecule has 0 aromatic heterocycles. The van der Waals surface area contributed by atoms with Crippen molar-refractivity contribution in [1.82, 2.24) is 0 Å². The summed E-state index contributed by atoms with van der Waals surface area (Å²) in [6.07, 6.45) is -0.0955. The van der Waals surface area contributed by atoms with Gasteiger partial charge in [0.1, 0.15) is 37.3 Å². The standard InChI is InChI=1S/C21H27NO4/c1-4-20(24)16-9-11-19(12-10-16)26-15-18(23)14-22(2)13-17-7-5-6-8-21(17)25-3/h5-12,18,23H,4,13-15H2,1-3H3/p+1/t18-/m1/s1. The van der Waals surface area contributed by atoms with Gasteiger partial charge in [-0.3, -0.25) is 4.79 Å². The van der Waals surface area contributed by atoms with Crippen molar-refractivity contribution in [3.63, 3.8) is 0 Å². The summed E-state index contributed by atoms with van der Waals surface area (Å²) in [5.74, 6) is 1.62. The zero-order valence-electron chi connectivity index (χ0n) is 15.7. The number of rotatable bonds is 10. The maximum Gasteiger partial charge on any atom is 0.162 e. The van der Waals surface area contributed by atoms with Crippen LogP contribution in [0.5, 0.6) is 11.5 Å². The van der Waals surface area contributed by atoms with E-state index in [2.05, 4.69) is 0 Å². The molecule has 0 heterocycles. The Balaban J connectivity index is 1.80. The Bertz CT molecular complexity index is 699. The molecule has 0 aliphatic heterocycles. The molecular formula is C21H28NO4+. The highest BCUT2D eigenvalue weighted by Crippen LogP contribution is 2.16. The first kappa shape index (κ1) is 19.9. The third-order valence-corrected chi connectivity index (χ3v) is 4.21. The summed E-state index contributed by atoms with van der Waals surface area (Å²) in [6.45, 7) is 3.37. The molecule has 140 valence electrons. The molecule has 2 aromatic rings. The highest BCUT2D eigenvalue weighted by molar-refractivity contribution is 5.95.